The average Bonchev–Trinajstić information content (AvgIpc) is 3.45. The van der Waals surface area contributed by atoms with Gasteiger partial charge in [0, 0.05) is 32.4 Å². The van der Waals surface area contributed by atoms with Crippen molar-refractivity contribution in [1.29, 1.82) is 0 Å². The minimum Gasteiger partial charge on any atom is -0.396 e. The molecule has 4 N–H and O–H groups in total. The van der Waals surface area contributed by atoms with Gasteiger partial charge in [-0.25, -0.2) is 0 Å². The maximum atomic E-state index is 5.82. The molecule has 0 radical (unpaired) electrons. The van der Waals surface area contributed by atoms with E-state index in [0.717, 1.165) is 81.8 Å². The quantitative estimate of drug-likeness (QED) is 0.713. The van der Waals surface area contributed by atoms with E-state index < -0.39 is 0 Å². The van der Waals surface area contributed by atoms with Gasteiger partial charge in [0.25, 0.3) is 0 Å². The predicted molar refractivity (Wildman–Crippen MR) is 122 cm³/mol. The SMILES string of the molecule is Cc1c(N)cnn1C1CCN(C2COC2)C1.Cc1nn([C@H]2CCN(C3COC3)C2)cc1N. The van der Waals surface area contributed by atoms with Gasteiger partial charge in [0.05, 0.1) is 79.6 Å². The van der Waals surface area contributed by atoms with E-state index in [1.165, 1.54) is 6.42 Å². The van der Waals surface area contributed by atoms with E-state index in [0.29, 0.717) is 24.2 Å². The van der Waals surface area contributed by atoms with Crippen LogP contribution in [0.5, 0.6) is 0 Å². The summed E-state index contributed by atoms with van der Waals surface area (Å²) >= 11 is 0. The van der Waals surface area contributed by atoms with Gasteiger partial charge in [-0.15, -0.1) is 0 Å². The van der Waals surface area contributed by atoms with E-state index in [4.69, 9.17) is 20.9 Å². The number of anilines is 2. The topological polar surface area (TPSA) is 113 Å². The Kier molecular flexibility index (Phi) is 6.11. The van der Waals surface area contributed by atoms with Crippen LogP contribution in [0.2, 0.25) is 0 Å². The van der Waals surface area contributed by atoms with Gasteiger partial charge in [-0.1, -0.05) is 0 Å². The van der Waals surface area contributed by atoms with Gasteiger partial charge in [0.15, 0.2) is 0 Å². The zero-order chi connectivity index (χ0) is 22.2. The van der Waals surface area contributed by atoms with Crippen LogP contribution in [-0.2, 0) is 9.47 Å². The summed E-state index contributed by atoms with van der Waals surface area (Å²) in [5, 5.41) is 8.83. The highest BCUT2D eigenvalue weighted by Gasteiger charge is 2.34. The average molecular weight is 445 g/mol. The normalized spacial score (nSPS) is 27.2. The molecular weight excluding hydrogens is 408 g/mol. The monoisotopic (exact) mass is 444 g/mol. The molecule has 2 aromatic heterocycles. The van der Waals surface area contributed by atoms with Crippen LogP contribution in [-0.4, -0.2) is 94.1 Å². The maximum absolute atomic E-state index is 5.82. The Morgan fingerprint density at radius 2 is 1.44 bits per heavy atom. The lowest BCUT2D eigenvalue weighted by molar-refractivity contribution is -0.0580. The number of nitrogen functional groups attached to an aromatic ring is 2. The van der Waals surface area contributed by atoms with Crippen LogP contribution in [0, 0.1) is 13.8 Å². The molecule has 4 aliphatic heterocycles. The van der Waals surface area contributed by atoms with Crippen molar-refractivity contribution in [3.63, 3.8) is 0 Å². The first-order valence-corrected chi connectivity index (χ1v) is 11.7. The van der Waals surface area contributed by atoms with E-state index >= 15 is 0 Å². The van der Waals surface area contributed by atoms with Crippen molar-refractivity contribution in [1.82, 2.24) is 29.4 Å². The maximum Gasteiger partial charge on any atom is 0.0823 e. The number of hydrogen-bond acceptors (Lipinski definition) is 8. The van der Waals surface area contributed by atoms with Crippen molar-refractivity contribution < 1.29 is 9.47 Å². The van der Waals surface area contributed by atoms with Crippen LogP contribution in [0.15, 0.2) is 12.4 Å². The van der Waals surface area contributed by atoms with Crippen LogP contribution in [0.1, 0.15) is 36.3 Å². The molecule has 4 aliphatic rings. The molecule has 1 unspecified atom stereocenters. The Morgan fingerprint density at radius 3 is 1.91 bits per heavy atom. The number of rotatable bonds is 4. The molecule has 32 heavy (non-hydrogen) atoms. The second-order valence-corrected chi connectivity index (χ2v) is 9.54. The summed E-state index contributed by atoms with van der Waals surface area (Å²) in [7, 11) is 0. The fraction of sp³-hybridized carbons (Fsp3) is 0.727. The standard InChI is InChI=1S/2C11H18N4O/c1-8-11(12)4-13-15(8)9-2-3-14(5-9)10-6-16-7-10;1-8-11(12)5-15(13-8)9-2-3-14(4-9)10-6-16-7-10/h4,9-10H,2-3,5-7,12H2,1H3;5,9-10H,2-4,6-7,12H2,1H3/t;9-/m.0/s1. The number of nitrogens with zero attached hydrogens (tertiary/aromatic N) is 6. The van der Waals surface area contributed by atoms with Gasteiger partial charge in [-0.2, -0.15) is 10.2 Å². The molecular formula is C22H36N8O2. The third-order valence-electron chi connectivity index (χ3n) is 7.42. The van der Waals surface area contributed by atoms with Crippen molar-refractivity contribution >= 4 is 11.4 Å². The molecule has 0 spiro atoms. The van der Waals surface area contributed by atoms with Gasteiger partial charge in [0.1, 0.15) is 0 Å². The number of likely N-dealkylation sites (tertiary alicyclic amines) is 2. The Morgan fingerprint density at radius 1 is 0.844 bits per heavy atom. The second kappa shape index (κ2) is 9.01. The summed E-state index contributed by atoms with van der Waals surface area (Å²) in [4.78, 5) is 5.01. The molecule has 0 amide bonds. The van der Waals surface area contributed by atoms with E-state index in [1.807, 2.05) is 24.7 Å². The summed E-state index contributed by atoms with van der Waals surface area (Å²) in [6, 6.07) is 2.24. The zero-order valence-electron chi connectivity index (χ0n) is 19.2. The molecule has 0 aliphatic carbocycles. The largest absolute Gasteiger partial charge is 0.396 e. The Labute approximate surface area is 189 Å². The molecule has 2 atom stereocenters. The van der Waals surface area contributed by atoms with Crippen molar-refractivity contribution in [2.24, 2.45) is 0 Å². The minimum atomic E-state index is 0.483. The first-order chi connectivity index (χ1) is 15.5. The van der Waals surface area contributed by atoms with E-state index in [9.17, 15) is 0 Å². The molecule has 2 aromatic rings. The van der Waals surface area contributed by atoms with E-state index in [2.05, 4.69) is 24.7 Å². The third-order valence-corrected chi connectivity index (χ3v) is 7.42. The van der Waals surface area contributed by atoms with Crippen LogP contribution in [0.3, 0.4) is 0 Å². The number of aromatic nitrogens is 4. The molecule has 176 valence electrons. The van der Waals surface area contributed by atoms with Gasteiger partial charge >= 0.3 is 0 Å². The lowest BCUT2D eigenvalue weighted by atomic mass is 10.2. The Bertz CT molecular complexity index is 900. The zero-order valence-corrected chi connectivity index (χ0v) is 19.2. The molecule has 0 bridgehead atoms. The summed E-state index contributed by atoms with van der Waals surface area (Å²) < 4.78 is 14.6. The summed E-state index contributed by atoms with van der Waals surface area (Å²) in [5.41, 5.74) is 15.3. The minimum absolute atomic E-state index is 0.483. The molecule has 10 nitrogen and oxygen atoms in total. The molecule has 0 saturated carbocycles. The molecule has 0 aromatic carbocycles. The highest BCUT2D eigenvalue weighted by atomic mass is 16.5. The number of nitrogens with two attached hydrogens (primary N) is 2. The van der Waals surface area contributed by atoms with Crippen molar-refractivity contribution in [3.05, 3.63) is 23.8 Å². The van der Waals surface area contributed by atoms with Gasteiger partial charge < -0.3 is 20.9 Å². The summed E-state index contributed by atoms with van der Waals surface area (Å²) in [5.74, 6) is 0. The molecule has 6 heterocycles. The third kappa shape index (κ3) is 4.24. The molecule has 4 fully saturated rings. The number of aryl methyl sites for hydroxylation is 1. The van der Waals surface area contributed by atoms with Crippen LogP contribution < -0.4 is 11.5 Å². The second-order valence-electron chi connectivity index (χ2n) is 9.54. The fourth-order valence-corrected chi connectivity index (χ4v) is 4.97. The van der Waals surface area contributed by atoms with Crippen molar-refractivity contribution in [2.75, 3.05) is 64.1 Å². The first kappa shape index (κ1) is 21.7. The first-order valence-electron chi connectivity index (χ1n) is 11.7. The van der Waals surface area contributed by atoms with E-state index in [1.54, 1.807) is 6.20 Å². The van der Waals surface area contributed by atoms with Gasteiger partial charge in [0.2, 0.25) is 0 Å². The lowest BCUT2D eigenvalue weighted by Crippen LogP contribution is -2.47. The highest BCUT2D eigenvalue weighted by Crippen LogP contribution is 2.28. The smallest absolute Gasteiger partial charge is 0.0823 e. The molecule has 6 rings (SSSR count). The van der Waals surface area contributed by atoms with E-state index in [-0.39, 0.29) is 0 Å². The number of ether oxygens (including phenoxy) is 2. The fourth-order valence-electron chi connectivity index (χ4n) is 4.97. The van der Waals surface area contributed by atoms with Crippen LogP contribution in [0.25, 0.3) is 0 Å². The predicted octanol–water partition coefficient (Wildman–Crippen LogP) is 0.839. The van der Waals surface area contributed by atoms with Crippen LogP contribution in [0.4, 0.5) is 11.4 Å². The Balaban J connectivity index is 0.000000135. The van der Waals surface area contributed by atoms with Crippen molar-refractivity contribution in [2.45, 2.75) is 50.9 Å². The summed E-state index contributed by atoms with van der Waals surface area (Å²) in [6.07, 6.45) is 6.04. The highest BCUT2D eigenvalue weighted by molar-refractivity contribution is 5.40. The van der Waals surface area contributed by atoms with Gasteiger partial charge in [-0.05, 0) is 26.7 Å². The number of hydrogen-bond donors (Lipinski definition) is 2. The van der Waals surface area contributed by atoms with Crippen molar-refractivity contribution in [3.8, 4) is 0 Å². The lowest BCUT2D eigenvalue weighted by Gasteiger charge is -2.34. The Hall–Kier alpha value is -2.14. The summed E-state index contributed by atoms with van der Waals surface area (Å²) in [6.45, 7) is 12.0. The molecule has 10 heteroatoms. The van der Waals surface area contributed by atoms with Crippen LogP contribution >= 0.6 is 0 Å². The van der Waals surface area contributed by atoms with Gasteiger partial charge in [-0.3, -0.25) is 19.2 Å². The molecule has 4 saturated heterocycles.